The van der Waals surface area contributed by atoms with Crippen molar-refractivity contribution < 1.29 is 8.83 Å². The molecule has 0 unspecified atom stereocenters. The molecule has 10 rings (SSSR count). The lowest BCUT2D eigenvalue weighted by molar-refractivity contribution is 0.660. The van der Waals surface area contributed by atoms with Gasteiger partial charge in [0.25, 0.3) is 0 Å². The average Bonchev–Trinajstić information content (AvgIpc) is 3.77. The SMILES string of the molecule is CC1(C)c2ccccc2-c2c(N(c3ccc(-c4ccc5c(c4)oc4ccccc45)cc3)c3cccc4oc5ccccc5c34)cccc21. The molecule has 0 aliphatic heterocycles. The Kier molecular flexibility index (Phi) is 5.63. The van der Waals surface area contributed by atoms with Gasteiger partial charge in [-0.3, -0.25) is 0 Å². The molecule has 0 saturated heterocycles. The third kappa shape index (κ3) is 3.82. The van der Waals surface area contributed by atoms with Crippen LogP contribution in [0.2, 0.25) is 0 Å². The fraction of sp³-hybridized carbons (Fsp3) is 0.0667. The second-order valence-corrected chi connectivity index (χ2v) is 13.3. The van der Waals surface area contributed by atoms with Crippen molar-refractivity contribution in [1.82, 2.24) is 0 Å². The summed E-state index contributed by atoms with van der Waals surface area (Å²) in [4.78, 5) is 2.42. The van der Waals surface area contributed by atoms with Crippen LogP contribution in [0, 0.1) is 0 Å². The van der Waals surface area contributed by atoms with Crippen molar-refractivity contribution in [3.63, 3.8) is 0 Å². The predicted octanol–water partition coefficient (Wildman–Crippen LogP) is 12.9. The summed E-state index contributed by atoms with van der Waals surface area (Å²) in [6.07, 6.45) is 0. The maximum atomic E-state index is 6.40. The molecule has 3 heteroatoms. The summed E-state index contributed by atoms with van der Waals surface area (Å²) in [5, 5.41) is 4.50. The number of hydrogen-bond acceptors (Lipinski definition) is 3. The number of hydrogen-bond donors (Lipinski definition) is 0. The Labute approximate surface area is 278 Å². The van der Waals surface area contributed by atoms with E-state index in [0.717, 1.165) is 72.1 Å². The zero-order valence-corrected chi connectivity index (χ0v) is 26.7. The first-order valence-corrected chi connectivity index (χ1v) is 16.5. The van der Waals surface area contributed by atoms with E-state index in [0.29, 0.717) is 0 Å². The molecule has 3 nitrogen and oxygen atoms in total. The Bertz CT molecular complexity index is 2710. The lowest BCUT2D eigenvalue weighted by atomic mass is 9.82. The van der Waals surface area contributed by atoms with Crippen molar-refractivity contribution >= 4 is 60.9 Å². The first-order chi connectivity index (χ1) is 23.6. The van der Waals surface area contributed by atoms with Gasteiger partial charge in [-0.25, -0.2) is 0 Å². The molecule has 1 aliphatic rings. The molecule has 228 valence electrons. The van der Waals surface area contributed by atoms with E-state index >= 15 is 0 Å². The number of fused-ring (bicyclic) bond motifs is 9. The summed E-state index contributed by atoms with van der Waals surface area (Å²) in [5.74, 6) is 0. The van der Waals surface area contributed by atoms with E-state index in [2.05, 4.69) is 152 Å². The summed E-state index contributed by atoms with van der Waals surface area (Å²) in [5.41, 5.74) is 14.3. The molecular weight excluding hydrogens is 587 g/mol. The summed E-state index contributed by atoms with van der Waals surface area (Å²) in [6, 6.07) is 54.0. The van der Waals surface area contributed by atoms with Gasteiger partial charge in [0.05, 0.1) is 16.8 Å². The average molecular weight is 618 g/mol. The van der Waals surface area contributed by atoms with E-state index in [4.69, 9.17) is 8.83 Å². The normalized spacial score (nSPS) is 13.4. The van der Waals surface area contributed by atoms with E-state index in [1.165, 1.54) is 22.3 Å². The second kappa shape index (κ2) is 9.97. The molecule has 0 radical (unpaired) electrons. The molecule has 0 spiro atoms. The van der Waals surface area contributed by atoms with E-state index < -0.39 is 0 Å². The van der Waals surface area contributed by atoms with E-state index in [1.54, 1.807) is 0 Å². The molecule has 2 aromatic heterocycles. The molecule has 9 aromatic rings. The van der Waals surface area contributed by atoms with Crippen LogP contribution in [-0.4, -0.2) is 0 Å². The maximum absolute atomic E-state index is 6.40. The predicted molar refractivity (Wildman–Crippen MR) is 199 cm³/mol. The number of anilines is 3. The van der Waals surface area contributed by atoms with Gasteiger partial charge in [0.15, 0.2) is 0 Å². The van der Waals surface area contributed by atoms with Gasteiger partial charge in [0, 0.05) is 32.8 Å². The standard InChI is InChI=1S/C45H31NO2/c1-45(2)35-14-6-3-12-33(35)43-36(45)15-9-16-37(43)46(38-17-10-20-41-44(38)34-13-5-8-19-40(34)47-41)30-24-21-28(22-25-30)29-23-26-32-31-11-4-7-18-39(31)48-42(32)27-29/h3-27H,1-2H3. The Morgan fingerprint density at radius 3 is 1.92 bits per heavy atom. The maximum Gasteiger partial charge on any atom is 0.137 e. The Morgan fingerprint density at radius 1 is 0.458 bits per heavy atom. The second-order valence-electron chi connectivity index (χ2n) is 13.3. The molecule has 0 fully saturated rings. The van der Waals surface area contributed by atoms with Crippen LogP contribution in [0.3, 0.4) is 0 Å². The Hall–Kier alpha value is -6.06. The summed E-state index contributed by atoms with van der Waals surface area (Å²) in [7, 11) is 0. The van der Waals surface area contributed by atoms with E-state index in [-0.39, 0.29) is 5.41 Å². The van der Waals surface area contributed by atoms with Crippen molar-refractivity contribution in [3.05, 3.63) is 163 Å². The zero-order chi connectivity index (χ0) is 32.0. The summed E-state index contributed by atoms with van der Waals surface area (Å²) >= 11 is 0. The van der Waals surface area contributed by atoms with Crippen LogP contribution in [-0.2, 0) is 5.41 Å². The lowest BCUT2D eigenvalue weighted by Crippen LogP contribution is -2.16. The molecule has 1 aliphatic carbocycles. The van der Waals surface area contributed by atoms with Gasteiger partial charge in [0.2, 0.25) is 0 Å². The lowest BCUT2D eigenvalue weighted by Gasteiger charge is -2.29. The van der Waals surface area contributed by atoms with E-state index in [9.17, 15) is 0 Å². The van der Waals surface area contributed by atoms with Crippen LogP contribution in [0.25, 0.3) is 66.1 Å². The highest BCUT2D eigenvalue weighted by molar-refractivity contribution is 6.14. The van der Waals surface area contributed by atoms with Gasteiger partial charge in [-0.05, 0) is 82.4 Å². The first kappa shape index (κ1) is 27.1. The fourth-order valence-corrected chi connectivity index (χ4v) is 7.98. The molecule has 7 aromatic carbocycles. The van der Waals surface area contributed by atoms with Crippen LogP contribution in [0.1, 0.15) is 25.0 Å². The fourth-order valence-electron chi connectivity index (χ4n) is 7.98. The largest absolute Gasteiger partial charge is 0.456 e. The number of furan rings is 2. The number of rotatable bonds is 4. The number of nitrogens with zero attached hydrogens (tertiary/aromatic N) is 1. The third-order valence-corrected chi connectivity index (χ3v) is 10.3. The number of benzene rings is 7. The van der Waals surface area contributed by atoms with Crippen molar-refractivity contribution in [3.8, 4) is 22.3 Å². The minimum Gasteiger partial charge on any atom is -0.456 e. The van der Waals surface area contributed by atoms with Gasteiger partial charge in [-0.15, -0.1) is 0 Å². The monoisotopic (exact) mass is 617 g/mol. The molecule has 0 N–H and O–H groups in total. The van der Waals surface area contributed by atoms with Gasteiger partial charge in [-0.2, -0.15) is 0 Å². The molecular formula is C45H31NO2. The minimum atomic E-state index is -0.110. The summed E-state index contributed by atoms with van der Waals surface area (Å²) in [6.45, 7) is 4.67. The quantitative estimate of drug-likeness (QED) is 0.197. The molecule has 0 atom stereocenters. The highest BCUT2D eigenvalue weighted by Gasteiger charge is 2.38. The van der Waals surface area contributed by atoms with Crippen LogP contribution in [0.5, 0.6) is 0 Å². The van der Waals surface area contributed by atoms with Crippen LogP contribution >= 0.6 is 0 Å². The summed E-state index contributed by atoms with van der Waals surface area (Å²) < 4.78 is 12.6. The molecule has 2 heterocycles. The van der Waals surface area contributed by atoms with Gasteiger partial charge in [-0.1, -0.05) is 111 Å². The van der Waals surface area contributed by atoms with Gasteiger partial charge >= 0.3 is 0 Å². The van der Waals surface area contributed by atoms with Crippen molar-refractivity contribution in [2.24, 2.45) is 0 Å². The van der Waals surface area contributed by atoms with E-state index in [1.807, 2.05) is 18.2 Å². The Morgan fingerprint density at radius 2 is 1.06 bits per heavy atom. The minimum absolute atomic E-state index is 0.110. The number of para-hydroxylation sites is 2. The van der Waals surface area contributed by atoms with Crippen molar-refractivity contribution in [2.45, 2.75) is 19.3 Å². The highest BCUT2D eigenvalue weighted by Crippen LogP contribution is 2.55. The van der Waals surface area contributed by atoms with Crippen LogP contribution in [0.15, 0.2) is 160 Å². The smallest absolute Gasteiger partial charge is 0.137 e. The molecule has 0 bridgehead atoms. The van der Waals surface area contributed by atoms with Crippen LogP contribution < -0.4 is 4.90 Å². The third-order valence-electron chi connectivity index (χ3n) is 10.3. The molecule has 0 saturated carbocycles. The topological polar surface area (TPSA) is 29.5 Å². The highest BCUT2D eigenvalue weighted by atomic mass is 16.3. The molecule has 0 amide bonds. The van der Waals surface area contributed by atoms with Crippen LogP contribution in [0.4, 0.5) is 17.1 Å². The molecule has 48 heavy (non-hydrogen) atoms. The van der Waals surface area contributed by atoms with Gasteiger partial charge in [0.1, 0.15) is 22.3 Å². The van der Waals surface area contributed by atoms with Gasteiger partial charge < -0.3 is 13.7 Å². The Balaban J connectivity index is 1.19. The first-order valence-electron chi connectivity index (χ1n) is 16.5. The van der Waals surface area contributed by atoms with Crippen molar-refractivity contribution in [1.29, 1.82) is 0 Å². The van der Waals surface area contributed by atoms with Crippen molar-refractivity contribution in [2.75, 3.05) is 4.90 Å². The zero-order valence-electron chi connectivity index (χ0n) is 26.7.